The number of fused-ring (bicyclic) bond motifs is 1. The summed E-state index contributed by atoms with van der Waals surface area (Å²) in [6.45, 7) is 3.14. The average Bonchev–Trinajstić information content (AvgIpc) is 2.73. The van der Waals surface area contributed by atoms with Crippen molar-refractivity contribution in [1.82, 2.24) is 4.90 Å². The Labute approximate surface area is 183 Å². The van der Waals surface area contributed by atoms with Gasteiger partial charge in [-0.2, -0.15) is 0 Å². The second kappa shape index (κ2) is 10.1. The molecule has 4 heteroatoms. The van der Waals surface area contributed by atoms with E-state index in [-0.39, 0.29) is 11.2 Å². The van der Waals surface area contributed by atoms with Gasteiger partial charge in [0, 0.05) is 19.6 Å². The van der Waals surface area contributed by atoms with E-state index in [1.54, 1.807) is 0 Å². The number of carbonyl (C=O) groups excluding carboxylic acids is 1. The number of unbranched alkanes of at least 4 members (excludes halogenated alkanes) is 2. The number of carbonyl (C=O) groups is 1. The molecule has 0 radical (unpaired) electrons. The van der Waals surface area contributed by atoms with Crippen molar-refractivity contribution < 1.29 is 9.53 Å². The number of ether oxygens (including phenoxy) is 1. The monoisotopic (exact) mass is 421 g/mol. The molecule has 0 aromatic heterocycles. The van der Waals surface area contributed by atoms with E-state index in [1.807, 2.05) is 0 Å². The number of halogens is 1. The van der Waals surface area contributed by atoms with Crippen molar-refractivity contribution in [1.29, 1.82) is 0 Å². The minimum atomic E-state index is -0.214. The minimum Gasteiger partial charge on any atom is -0.494 e. The summed E-state index contributed by atoms with van der Waals surface area (Å²) >= 11 is 5.55. The molecule has 3 nitrogen and oxygen atoms in total. The van der Waals surface area contributed by atoms with Crippen LogP contribution in [0.5, 0.6) is 5.75 Å². The number of benzene rings is 3. The maximum atomic E-state index is 11.1. The lowest BCUT2D eigenvalue weighted by molar-refractivity contribution is -0.120. The van der Waals surface area contributed by atoms with E-state index in [0.29, 0.717) is 0 Å². The van der Waals surface area contributed by atoms with Gasteiger partial charge in [-0.05, 0) is 77.4 Å². The molecule has 0 amide bonds. The Kier molecular flexibility index (Phi) is 7.03. The highest BCUT2D eigenvalue weighted by molar-refractivity contribution is 6.64. The molecule has 0 saturated carbocycles. The molecule has 1 saturated heterocycles. The number of nitrogens with zero attached hydrogens (tertiary/aromatic N) is 1. The zero-order chi connectivity index (χ0) is 20.8. The van der Waals surface area contributed by atoms with Gasteiger partial charge in [-0.3, -0.25) is 9.69 Å². The van der Waals surface area contributed by atoms with E-state index in [9.17, 15) is 4.79 Å². The van der Waals surface area contributed by atoms with E-state index >= 15 is 0 Å². The van der Waals surface area contributed by atoms with Crippen LogP contribution in [0.15, 0.2) is 66.7 Å². The van der Waals surface area contributed by atoms with Crippen LogP contribution in [0.2, 0.25) is 0 Å². The Hall–Kier alpha value is -2.36. The molecule has 0 N–H and O–H groups in total. The smallest absolute Gasteiger partial charge is 0.227 e. The summed E-state index contributed by atoms with van der Waals surface area (Å²) in [4.78, 5) is 13.4. The highest BCUT2D eigenvalue weighted by Gasteiger charge is 2.31. The van der Waals surface area contributed by atoms with Crippen molar-refractivity contribution in [3.63, 3.8) is 0 Å². The maximum absolute atomic E-state index is 11.1. The Balaban J connectivity index is 1.21. The second-order valence-corrected chi connectivity index (χ2v) is 8.56. The fourth-order valence-corrected chi connectivity index (χ4v) is 4.14. The molecule has 1 aliphatic heterocycles. The van der Waals surface area contributed by atoms with Crippen LogP contribution in [0, 0.1) is 5.92 Å². The van der Waals surface area contributed by atoms with Crippen molar-refractivity contribution in [3.8, 4) is 5.75 Å². The summed E-state index contributed by atoms with van der Waals surface area (Å²) in [5.41, 5.74) is 2.67. The first-order valence-corrected chi connectivity index (χ1v) is 11.2. The fraction of sp³-hybridized carbons (Fsp3) is 0.346. The van der Waals surface area contributed by atoms with Gasteiger partial charge in [-0.1, -0.05) is 48.5 Å². The van der Waals surface area contributed by atoms with Gasteiger partial charge in [0.05, 0.1) is 12.5 Å². The molecule has 30 heavy (non-hydrogen) atoms. The van der Waals surface area contributed by atoms with Gasteiger partial charge in [0.1, 0.15) is 5.75 Å². The van der Waals surface area contributed by atoms with Gasteiger partial charge in [-0.25, -0.2) is 0 Å². The largest absolute Gasteiger partial charge is 0.494 e. The van der Waals surface area contributed by atoms with Crippen LogP contribution < -0.4 is 4.74 Å². The topological polar surface area (TPSA) is 29.5 Å². The lowest BCUT2D eigenvalue weighted by Gasteiger charge is -2.37. The van der Waals surface area contributed by atoms with Crippen LogP contribution in [-0.4, -0.2) is 29.8 Å². The lowest BCUT2D eigenvalue weighted by Crippen LogP contribution is -2.48. The molecule has 3 aromatic rings. The molecule has 4 rings (SSSR count). The highest BCUT2D eigenvalue weighted by atomic mass is 35.5. The standard InChI is InChI=1S/C26H28ClNO2/c27-26(29)24-18-28(19-24)17-21-10-11-23-16-25(13-12-22(23)15-21)30-14-6-2-5-9-20-7-3-1-4-8-20/h1,3-4,7-8,10-13,15-16,24H,2,5-6,9,14,17-19H2. The molecule has 3 aromatic carbocycles. The molecule has 0 unspecified atom stereocenters. The molecule has 0 bridgehead atoms. The van der Waals surface area contributed by atoms with Crippen molar-refractivity contribution in [2.45, 2.75) is 32.2 Å². The molecule has 0 aliphatic carbocycles. The van der Waals surface area contributed by atoms with Gasteiger partial charge in [-0.15, -0.1) is 0 Å². The summed E-state index contributed by atoms with van der Waals surface area (Å²) in [5.74, 6) is 0.940. The van der Waals surface area contributed by atoms with Crippen molar-refractivity contribution in [3.05, 3.63) is 77.9 Å². The Morgan fingerprint density at radius 1 is 0.900 bits per heavy atom. The van der Waals surface area contributed by atoms with E-state index < -0.39 is 0 Å². The number of aryl methyl sites for hydroxylation is 1. The Morgan fingerprint density at radius 2 is 1.67 bits per heavy atom. The van der Waals surface area contributed by atoms with Crippen molar-refractivity contribution in [2.75, 3.05) is 19.7 Å². The summed E-state index contributed by atoms with van der Waals surface area (Å²) in [6.07, 6.45) is 4.59. The summed E-state index contributed by atoms with van der Waals surface area (Å²) in [5, 5.41) is 2.19. The van der Waals surface area contributed by atoms with E-state index in [2.05, 4.69) is 71.6 Å². The van der Waals surface area contributed by atoms with Crippen LogP contribution in [0.25, 0.3) is 10.8 Å². The fourth-order valence-electron chi connectivity index (χ4n) is 4.00. The zero-order valence-electron chi connectivity index (χ0n) is 17.2. The van der Waals surface area contributed by atoms with Crippen LogP contribution in [0.4, 0.5) is 0 Å². The SMILES string of the molecule is O=C(Cl)C1CN(Cc2ccc3cc(OCCCCCc4ccccc4)ccc3c2)C1. The molecule has 1 heterocycles. The summed E-state index contributed by atoms with van der Waals surface area (Å²) in [7, 11) is 0. The summed E-state index contributed by atoms with van der Waals surface area (Å²) < 4.78 is 5.97. The van der Waals surface area contributed by atoms with Crippen molar-refractivity contribution >= 4 is 27.6 Å². The number of hydrogen-bond acceptors (Lipinski definition) is 3. The normalized spacial score (nSPS) is 14.6. The number of likely N-dealkylation sites (tertiary alicyclic amines) is 1. The molecular weight excluding hydrogens is 394 g/mol. The Morgan fingerprint density at radius 3 is 2.47 bits per heavy atom. The first-order valence-electron chi connectivity index (χ1n) is 10.8. The quantitative estimate of drug-likeness (QED) is 0.304. The van der Waals surface area contributed by atoms with Crippen LogP contribution in [0.1, 0.15) is 30.4 Å². The zero-order valence-corrected chi connectivity index (χ0v) is 18.0. The molecular formula is C26H28ClNO2. The third kappa shape index (κ3) is 5.62. The van der Waals surface area contributed by atoms with Crippen LogP contribution >= 0.6 is 11.6 Å². The van der Waals surface area contributed by atoms with Gasteiger partial charge < -0.3 is 4.74 Å². The minimum absolute atomic E-state index is 0.00479. The Bertz CT molecular complexity index is 983. The third-order valence-corrected chi connectivity index (χ3v) is 6.09. The van der Waals surface area contributed by atoms with Gasteiger partial charge in [0.2, 0.25) is 5.24 Å². The predicted octanol–water partition coefficient (Wildman–Crippen LogP) is 5.83. The van der Waals surface area contributed by atoms with Gasteiger partial charge in [0.25, 0.3) is 0 Å². The first kappa shape index (κ1) is 20.9. The highest BCUT2D eigenvalue weighted by Crippen LogP contribution is 2.25. The van der Waals surface area contributed by atoms with Crippen molar-refractivity contribution in [2.24, 2.45) is 5.92 Å². The second-order valence-electron chi connectivity index (χ2n) is 8.18. The lowest BCUT2D eigenvalue weighted by atomic mass is 10.00. The predicted molar refractivity (Wildman–Crippen MR) is 123 cm³/mol. The van der Waals surface area contributed by atoms with E-state index in [1.165, 1.54) is 34.7 Å². The number of rotatable bonds is 10. The van der Waals surface area contributed by atoms with Gasteiger partial charge in [0.15, 0.2) is 0 Å². The van der Waals surface area contributed by atoms with E-state index in [0.717, 1.165) is 44.8 Å². The third-order valence-electron chi connectivity index (χ3n) is 5.78. The maximum Gasteiger partial charge on any atom is 0.227 e. The summed E-state index contributed by atoms with van der Waals surface area (Å²) in [6, 6.07) is 23.5. The molecule has 1 fully saturated rings. The molecule has 0 atom stereocenters. The van der Waals surface area contributed by atoms with Crippen LogP contribution in [0.3, 0.4) is 0 Å². The van der Waals surface area contributed by atoms with Gasteiger partial charge >= 0.3 is 0 Å². The van der Waals surface area contributed by atoms with Crippen LogP contribution in [-0.2, 0) is 17.8 Å². The number of hydrogen-bond donors (Lipinski definition) is 0. The first-order chi connectivity index (χ1) is 14.7. The molecule has 156 valence electrons. The molecule has 1 aliphatic rings. The van der Waals surface area contributed by atoms with E-state index in [4.69, 9.17) is 16.3 Å². The molecule has 0 spiro atoms. The average molecular weight is 422 g/mol.